The molecule has 0 spiro atoms. The van der Waals surface area contributed by atoms with Crippen LogP contribution < -0.4 is 10.6 Å². The second-order valence-electron chi connectivity index (χ2n) is 7.10. The molecular formula is C19H20ClFN2O4. The Bertz CT molecular complexity index is 929. The van der Waals surface area contributed by atoms with Gasteiger partial charge in [0.15, 0.2) is 5.76 Å². The fraction of sp³-hybridized carbons (Fsp3) is 0.316. The summed E-state index contributed by atoms with van der Waals surface area (Å²) in [5, 5.41) is 4.96. The number of hydrogen-bond acceptors (Lipinski definition) is 4. The molecule has 8 heteroatoms. The molecule has 0 saturated heterocycles. The fourth-order valence-electron chi connectivity index (χ4n) is 2.48. The van der Waals surface area contributed by atoms with Gasteiger partial charge in [-0.15, -0.1) is 0 Å². The predicted molar refractivity (Wildman–Crippen MR) is 99.8 cm³/mol. The smallest absolute Gasteiger partial charge is 0.292 e. The Kier molecular flexibility index (Phi) is 5.75. The van der Waals surface area contributed by atoms with Crippen molar-refractivity contribution in [1.29, 1.82) is 0 Å². The van der Waals surface area contributed by atoms with E-state index in [1.54, 1.807) is 20.8 Å². The van der Waals surface area contributed by atoms with E-state index in [-0.39, 0.29) is 33.4 Å². The van der Waals surface area contributed by atoms with E-state index in [0.29, 0.717) is 0 Å². The topological polar surface area (TPSA) is 88.4 Å². The molecule has 0 fully saturated rings. The van der Waals surface area contributed by atoms with E-state index in [1.165, 1.54) is 26.0 Å². The van der Waals surface area contributed by atoms with Gasteiger partial charge in [-0.1, -0.05) is 11.6 Å². The van der Waals surface area contributed by atoms with Crippen molar-refractivity contribution in [2.75, 3.05) is 5.32 Å². The van der Waals surface area contributed by atoms with Crippen molar-refractivity contribution in [1.82, 2.24) is 5.32 Å². The minimum Gasteiger partial charge on any atom is -0.455 e. The Morgan fingerprint density at radius 2 is 1.78 bits per heavy atom. The Morgan fingerprint density at radius 3 is 2.33 bits per heavy atom. The van der Waals surface area contributed by atoms with Gasteiger partial charge in [0.2, 0.25) is 0 Å². The number of nitrogens with one attached hydrogen (secondary N) is 2. The second-order valence-corrected chi connectivity index (χ2v) is 7.51. The van der Waals surface area contributed by atoms with E-state index >= 15 is 0 Å². The van der Waals surface area contributed by atoms with Crippen LogP contribution in [-0.2, 0) is 4.79 Å². The number of aryl methyl sites for hydroxylation is 1. The molecular weight excluding hydrogens is 375 g/mol. The van der Waals surface area contributed by atoms with Crippen LogP contribution in [0.4, 0.5) is 10.1 Å². The van der Waals surface area contributed by atoms with Crippen LogP contribution in [0.2, 0.25) is 5.02 Å². The van der Waals surface area contributed by atoms with E-state index in [4.69, 9.17) is 16.0 Å². The molecule has 0 bridgehead atoms. The summed E-state index contributed by atoms with van der Waals surface area (Å²) < 4.78 is 18.6. The second kappa shape index (κ2) is 7.52. The Morgan fingerprint density at radius 1 is 1.15 bits per heavy atom. The quantitative estimate of drug-likeness (QED) is 0.605. The van der Waals surface area contributed by atoms with Crippen LogP contribution in [0.3, 0.4) is 0 Å². The highest BCUT2D eigenvalue weighted by atomic mass is 35.5. The average Bonchev–Trinajstić information content (AvgIpc) is 2.83. The summed E-state index contributed by atoms with van der Waals surface area (Å²) in [5.41, 5.74) is -0.0371. The van der Waals surface area contributed by atoms with Gasteiger partial charge < -0.3 is 15.1 Å². The SMILES string of the molecule is Cc1oc(C(=O)Nc2ccc(F)c(Cl)c2)c(C)c1C(=O)C(=O)NC(C)(C)C. The zero-order valence-corrected chi connectivity index (χ0v) is 16.4. The molecule has 144 valence electrons. The molecule has 1 heterocycles. The van der Waals surface area contributed by atoms with Gasteiger partial charge in [-0.2, -0.15) is 0 Å². The maximum Gasteiger partial charge on any atom is 0.292 e. The summed E-state index contributed by atoms with van der Waals surface area (Å²) in [7, 11) is 0. The normalized spacial score (nSPS) is 11.2. The number of benzene rings is 1. The van der Waals surface area contributed by atoms with Crippen molar-refractivity contribution in [2.24, 2.45) is 0 Å². The van der Waals surface area contributed by atoms with Crippen LogP contribution in [-0.4, -0.2) is 23.1 Å². The number of hydrogen-bond donors (Lipinski definition) is 2. The molecule has 0 radical (unpaired) electrons. The third kappa shape index (κ3) is 4.74. The summed E-state index contributed by atoms with van der Waals surface area (Å²) in [6.45, 7) is 8.26. The first-order valence-corrected chi connectivity index (χ1v) is 8.51. The molecule has 2 rings (SSSR count). The zero-order valence-electron chi connectivity index (χ0n) is 15.6. The number of carbonyl (C=O) groups is 3. The maximum absolute atomic E-state index is 13.2. The minimum absolute atomic E-state index is 0.0408. The minimum atomic E-state index is -0.785. The summed E-state index contributed by atoms with van der Waals surface area (Å²) >= 11 is 5.69. The van der Waals surface area contributed by atoms with Crippen LogP contribution >= 0.6 is 11.6 Å². The molecule has 1 aromatic carbocycles. The number of carbonyl (C=O) groups excluding carboxylic acids is 3. The highest BCUT2D eigenvalue weighted by Crippen LogP contribution is 2.25. The van der Waals surface area contributed by atoms with Gasteiger partial charge >= 0.3 is 0 Å². The van der Waals surface area contributed by atoms with E-state index < -0.39 is 29.0 Å². The summed E-state index contributed by atoms with van der Waals surface area (Å²) in [6, 6.07) is 3.71. The van der Waals surface area contributed by atoms with Crippen molar-refractivity contribution in [3.8, 4) is 0 Å². The molecule has 0 aliphatic rings. The molecule has 6 nitrogen and oxygen atoms in total. The van der Waals surface area contributed by atoms with Crippen molar-refractivity contribution in [3.05, 3.63) is 51.7 Å². The number of furan rings is 1. The number of anilines is 1. The number of Topliss-reactive ketones (excluding diaryl/α,β-unsaturated/α-hetero) is 1. The molecule has 2 amide bonds. The van der Waals surface area contributed by atoms with Crippen LogP contribution in [0.25, 0.3) is 0 Å². The number of halogens is 2. The lowest BCUT2D eigenvalue weighted by Gasteiger charge is -2.19. The molecule has 27 heavy (non-hydrogen) atoms. The molecule has 2 N–H and O–H groups in total. The van der Waals surface area contributed by atoms with Crippen LogP contribution in [0.15, 0.2) is 22.6 Å². The lowest BCUT2D eigenvalue weighted by molar-refractivity contribution is -0.118. The molecule has 1 aromatic heterocycles. The van der Waals surface area contributed by atoms with Gasteiger partial charge in [-0.05, 0) is 52.8 Å². The van der Waals surface area contributed by atoms with E-state index in [2.05, 4.69) is 10.6 Å². The third-order valence-electron chi connectivity index (χ3n) is 3.63. The lowest BCUT2D eigenvalue weighted by Crippen LogP contribution is -2.44. The summed E-state index contributed by atoms with van der Waals surface area (Å²) in [4.78, 5) is 37.1. The van der Waals surface area contributed by atoms with Gasteiger partial charge in [0, 0.05) is 16.8 Å². The molecule has 0 aliphatic heterocycles. The standard InChI is InChI=1S/C19H20ClFN2O4/c1-9-14(15(24)17(25)23-19(3,4)5)10(2)27-16(9)18(26)22-11-6-7-13(21)12(20)8-11/h6-8H,1-5H3,(H,22,26)(H,23,25). The van der Waals surface area contributed by atoms with Crippen molar-refractivity contribution < 1.29 is 23.2 Å². The number of ketones is 1. The molecule has 0 unspecified atom stereocenters. The first-order valence-electron chi connectivity index (χ1n) is 8.14. The molecule has 0 aliphatic carbocycles. The van der Waals surface area contributed by atoms with Crippen molar-refractivity contribution >= 4 is 34.9 Å². The highest BCUT2D eigenvalue weighted by molar-refractivity contribution is 6.43. The maximum atomic E-state index is 13.2. The lowest BCUT2D eigenvalue weighted by atomic mass is 10.0. The number of rotatable bonds is 4. The van der Waals surface area contributed by atoms with E-state index in [1.807, 2.05) is 0 Å². The van der Waals surface area contributed by atoms with Gasteiger partial charge in [0.25, 0.3) is 17.6 Å². The van der Waals surface area contributed by atoms with Crippen molar-refractivity contribution in [3.63, 3.8) is 0 Å². The summed E-state index contributed by atoms with van der Waals surface area (Å²) in [6.07, 6.45) is 0. The predicted octanol–water partition coefficient (Wildman–Crippen LogP) is 4.04. The fourth-order valence-corrected chi connectivity index (χ4v) is 2.66. The first kappa shape index (κ1) is 20.6. The van der Waals surface area contributed by atoms with Gasteiger partial charge in [0.05, 0.1) is 10.6 Å². The first-order chi connectivity index (χ1) is 12.4. The van der Waals surface area contributed by atoms with Gasteiger partial charge in [-0.25, -0.2) is 4.39 Å². The molecule has 0 atom stereocenters. The molecule has 2 aromatic rings. The largest absolute Gasteiger partial charge is 0.455 e. The zero-order chi connectivity index (χ0) is 20.5. The van der Waals surface area contributed by atoms with Crippen LogP contribution in [0.1, 0.15) is 53.0 Å². The summed E-state index contributed by atoms with van der Waals surface area (Å²) in [5.74, 6) is -2.78. The van der Waals surface area contributed by atoms with E-state index in [0.717, 1.165) is 6.07 Å². The third-order valence-corrected chi connectivity index (χ3v) is 3.92. The highest BCUT2D eigenvalue weighted by Gasteiger charge is 2.30. The number of amides is 2. The van der Waals surface area contributed by atoms with Crippen LogP contribution in [0.5, 0.6) is 0 Å². The van der Waals surface area contributed by atoms with E-state index in [9.17, 15) is 18.8 Å². The Labute approximate surface area is 161 Å². The van der Waals surface area contributed by atoms with Crippen molar-refractivity contribution in [2.45, 2.75) is 40.2 Å². The Hall–Kier alpha value is -2.67. The monoisotopic (exact) mass is 394 g/mol. The Balaban J connectivity index is 2.28. The molecule has 0 saturated carbocycles. The van der Waals surface area contributed by atoms with Gasteiger partial charge in [0.1, 0.15) is 11.6 Å². The average molecular weight is 395 g/mol. The van der Waals surface area contributed by atoms with Crippen LogP contribution in [0, 0.1) is 19.7 Å². The van der Waals surface area contributed by atoms with Gasteiger partial charge in [-0.3, -0.25) is 14.4 Å².